The first-order valence-electron chi connectivity index (χ1n) is 8.57. The number of nitrogens with zero attached hydrogens (tertiary/aromatic N) is 1. The molecule has 0 aliphatic carbocycles. The van der Waals surface area contributed by atoms with Gasteiger partial charge in [-0.2, -0.15) is 0 Å². The third-order valence-electron chi connectivity index (χ3n) is 4.53. The lowest BCUT2D eigenvalue weighted by atomic mass is 9.88. The summed E-state index contributed by atoms with van der Waals surface area (Å²) in [6.45, 7) is 3.30. The number of hydrogen-bond acceptors (Lipinski definition) is 4. The molecule has 2 heterocycles. The minimum Gasteiger partial charge on any atom is -0.381 e. The minimum absolute atomic E-state index is 0.0192. The first-order chi connectivity index (χ1) is 12.0. The summed E-state index contributed by atoms with van der Waals surface area (Å²) in [5.74, 6) is 0.194. The van der Waals surface area contributed by atoms with Crippen molar-refractivity contribution >= 4 is 10.0 Å². The molecule has 1 aromatic heterocycles. The Morgan fingerprint density at radius 2 is 2.04 bits per heavy atom. The van der Waals surface area contributed by atoms with E-state index in [4.69, 9.17) is 4.74 Å². The summed E-state index contributed by atoms with van der Waals surface area (Å²) in [7, 11) is -3.47. The molecule has 0 amide bonds. The van der Waals surface area contributed by atoms with Gasteiger partial charge in [-0.15, -0.1) is 0 Å². The van der Waals surface area contributed by atoms with Gasteiger partial charge < -0.3 is 4.74 Å². The van der Waals surface area contributed by atoms with E-state index in [0.717, 1.165) is 29.5 Å². The smallest absolute Gasteiger partial charge is 0.216 e. The van der Waals surface area contributed by atoms with Gasteiger partial charge in [0, 0.05) is 25.6 Å². The lowest BCUT2D eigenvalue weighted by Gasteiger charge is -2.31. The van der Waals surface area contributed by atoms with E-state index < -0.39 is 10.0 Å². The Bertz CT molecular complexity index is 787. The highest BCUT2D eigenvalue weighted by Crippen LogP contribution is 2.30. The number of aromatic nitrogens is 1. The SMILES string of the molecule is Cc1cccc(CS(=O)(=O)NC(c2cccnc2)C2CCOCC2)c1. The first-order valence-corrected chi connectivity index (χ1v) is 10.2. The second-order valence-electron chi connectivity index (χ2n) is 6.58. The lowest BCUT2D eigenvalue weighted by molar-refractivity contribution is 0.0564. The van der Waals surface area contributed by atoms with Crippen molar-refractivity contribution < 1.29 is 13.2 Å². The Kier molecular flexibility index (Phi) is 5.83. The molecule has 25 heavy (non-hydrogen) atoms. The van der Waals surface area contributed by atoms with E-state index in [2.05, 4.69) is 9.71 Å². The Hall–Kier alpha value is -1.76. The Balaban J connectivity index is 1.81. The number of nitrogens with one attached hydrogen (secondary N) is 1. The molecule has 1 aromatic carbocycles. The standard InChI is InChI=1S/C19H24N2O3S/c1-15-4-2-5-16(12-15)14-25(22,23)21-19(17-7-10-24-11-8-17)18-6-3-9-20-13-18/h2-6,9,12-13,17,19,21H,7-8,10-11,14H2,1H3. The lowest BCUT2D eigenvalue weighted by Crippen LogP contribution is -2.36. The zero-order valence-corrected chi connectivity index (χ0v) is 15.2. The zero-order chi connectivity index (χ0) is 17.7. The van der Waals surface area contributed by atoms with Gasteiger partial charge in [0.1, 0.15) is 0 Å². The van der Waals surface area contributed by atoms with E-state index >= 15 is 0 Å². The largest absolute Gasteiger partial charge is 0.381 e. The van der Waals surface area contributed by atoms with E-state index in [1.54, 1.807) is 12.4 Å². The van der Waals surface area contributed by atoms with Crippen molar-refractivity contribution in [2.75, 3.05) is 13.2 Å². The molecule has 0 radical (unpaired) electrons. The van der Waals surface area contributed by atoms with Gasteiger partial charge in [0.25, 0.3) is 0 Å². The molecule has 2 aromatic rings. The predicted octanol–water partition coefficient (Wildman–Crippen LogP) is 2.98. The fraction of sp³-hybridized carbons (Fsp3) is 0.421. The molecule has 3 rings (SSSR count). The number of benzene rings is 1. The van der Waals surface area contributed by atoms with Gasteiger partial charge in [-0.1, -0.05) is 35.9 Å². The normalized spacial score (nSPS) is 17.3. The van der Waals surface area contributed by atoms with Gasteiger partial charge in [0.15, 0.2) is 0 Å². The molecule has 1 saturated heterocycles. The summed E-state index contributed by atoms with van der Waals surface area (Å²) in [6, 6.07) is 11.1. The van der Waals surface area contributed by atoms with E-state index in [9.17, 15) is 8.42 Å². The highest BCUT2D eigenvalue weighted by molar-refractivity contribution is 7.88. The molecule has 1 N–H and O–H groups in total. The third kappa shape index (κ3) is 5.11. The van der Waals surface area contributed by atoms with Crippen LogP contribution in [-0.4, -0.2) is 26.6 Å². The molecule has 0 saturated carbocycles. The maximum Gasteiger partial charge on any atom is 0.216 e. The first kappa shape index (κ1) is 18.0. The van der Waals surface area contributed by atoms with Gasteiger partial charge in [-0.05, 0) is 42.9 Å². The molecular formula is C19H24N2O3S. The summed E-state index contributed by atoms with van der Waals surface area (Å²) >= 11 is 0. The van der Waals surface area contributed by atoms with Crippen molar-refractivity contribution in [3.63, 3.8) is 0 Å². The van der Waals surface area contributed by atoms with Crippen molar-refractivity contribution in [1.82, 2.24) is 9.71 Å². The van der Waals surface area contributed by atoms with Crippen LogP contribution in [0.3, 0.4) is 0 Å². The van der Waals surface area contributed by atoms with Gasteiger partial charge in [-0.25, -0.2) is 13.1 Å². The number of sulfonamides is 1. The highest BCUT2D eigenvalue weighted by atomic mass is 32.2. The monoisotopic (exact) mass is 360 g/mol. The van der Waals surface area contributed by atoms with Crippen LogP contribution in [0.15, 0.2) is 48.8 Å². The number of rotatable bonds is 6. The molecular weight excluding hydrogens is 336 g/mol. The summed E-state index contributed by atoms with van der Waals surface area (Å²) in [6.07, 6.45) is 5.13. The Labute approximate surface area is 149 Å². The molecule has 0 spiro atoms. The maximum atomic E-state index is 12.8. The van der Waals surface area contributed by atoms with E-state index in [-0.39, 0.29) is 17.7 Å². The van der Waals surface area contributed by atoms with Gasteiger partial charge in [0.05, 0.1) is 11.8 Å². The Morgan fingerprint density at radius 3 is 2.72 bits per heavy atom. The molecule has 1 aliphatic heterocycles. The molecule has 134 valence electrons. The van der Waals surface area contributed by atoms with Crippen LogP contribution >= 0.6 is 0 Å². The minimum atomic E-state index is -3.47. The molecule has 0 bridgehead atoms. The van der Waals surface area contributed by atoms with Crippen LogP contribution in [-0.2, 0) is 20.5 Å². The highest BCUT2D eigenvalue weighted by Gasteiger charge is 2.29. The Morgan fingerprint density at radius 1 is 1.24 bits per heavy atom. The average molecular weight is 360 g/mol. The molecule has 1 unspecified atom stereocenters. The van der Waals surface area contributed by atoms with Gasteiger partial charge in [0.2, 0.25) is 10.0 Å². The van der Waals surface area contributed by atoms with Gasteiger partial charge >= 0.3 is 0 Å². The summed E-state index contributed by atoms with van der Waals surface area (Å²) in [5.41, 5.74) is 2.76. The summed E-state index contributed by atoms with van der Waals surface area (Å²) in [5, 5.41) is 0. The molecule has 5 nitrogen and oxygen atoms in total. The van der Waals surface area contributed by atoms with Crippen molar-refractivity contribution in [3.05, 3.63) is 65.5 Å². The van der Waals surface area contributed by atoms with Crippen LogP contribution in [0.5, 0.6) is 0 Å². The van der Waals surface area contributed by atoms with Crippen molar-refractivity contribution in [1.29, 1.82) is 0 Å². The van der Waals surface area contributed by atoms with E-state index in [1.807, 2.05) is 43.3 Å². The summed E-state index contributed by atoms with van der Waals surface area (Å²) < 4.78 is 33.9. The topological polar surface area (TPSA) is 68.3 Å². The fourth-order valence-corrected chi connectivity index (χ4v) is 4.72. The number of ether oxygens (including phenoxy) is 1. The molecule has 1 aliphatic rings. The van der Waals surface area contributed by atoms with Crippen molar-refractivity contribution in [2.45, 2.75) is 31.6 Å². The number of pyridine rings is 1. The predicted molar refractivity (Wildman–Crippen MR) is 97.5 cm³/mol. The fourth-order valence-electron chi connectivity index (χ4n) is 3.30. The second-order valence-corrected chi connectivity index (χ2v) is 8.33. The zero-order valence-electron chi connectivity index (χ0n) is 14.4. The van der Waals surface area contributed by atoms with Crippen LogP contribution in [0.25, 0.3) is 0 Å². The average Bonchev–Trinajstić information content (AvgIpc) is 2.61. The van der Waals surface area contributed by atoms with E-state index in [1.165, 1.54) is 0 Å². The quantitative estimate of drug-likeness (QED) is 0.860. The summed E-state index contributed by atoms with van der Waals surface area (Å²) in [4.78, 5) is 4.16. The van der Waals surface area contributed by atoms with Crippen LogP contribution < -0.4 is 4.72 Å². The second kappa shape index (κ2) is 8.08. The van der Waals surface area contributed by atoms with Crippen molar-refractivity contribution in [3.8, 4) is 0 Å². The van der Waals surface area contributed by atoms with Gasteiger partial charge in [-0.3, -0.25) is 4.98 Å². The van der Waals surface area contributed by atoms with Crippen LogP contribution in [0.1, 0.15) is 35.6 Å². The molecule has 1 atom stereocenters. The number of aryl methyl sites for hydroxylation is 1. The maximum absolute atomic E-state index is 12.8. The van der Waals surface area contributed by atoms with Crippen LogP contribution in [0.4, 0.5) is 0 Å². The number of hydrogen-bond donors (Lipinski definition) is 1. The van der Waals surface area contributed by atoms with E-state index in [0.29, 0.717) is 13.2 Å². The third-order valence-corrected chi connectivity index (χ3v) is 5.85. The van der Waals surface area contributed by atoms with Crippen LogP contribution in [0, 0.1) is 12.8 Å². The van der Waals surface area contributed by atoms with Crippen LogP contribution in [0.2, 0.25) is 0 Å². The molecule has 1 fully saturated rings. The van der Waals surface area contributed by atoms with Crippen molar-refractivity contribution in [2.24, 2.45) is 5.92 Å². The molecule has 6 heteroatoms.